The Morgan fingerprint density at radius 3 is 2.61 bits per heavy atom. The van der Waals surface area contributed by atoms with Crippen molar-refractivity contribution in [2.75, 3.05) is 6.61 Å². The number of carbonyl (C=O) groups excluding carboxylic acids is 2. The second-order valence-corrected chi connectivity index (χ2v) is 8.50. The fourth-order valence-electron chi connectivity index (χ4n) is 3.30. The summed E-state index contributed by atoms with van der Waals surface area (Å²) in [4.78, 5) is 29.0. The Hall–Kier alpha value is -3.07. The van der Waals surface area contributed by atoms with Gasteiger partial charge < -0.3 is 4.74 Å². The number of rotatable bonds is 6. The third-order valence-corrected chi connectivity index (χ3v) is 6.15. The zero-order valence-electron chi connectivity index (χ0n) is 16.9. The van der Waals surface area contributed by atoms with E-state index in [1.54, 1.807) is 24.4 Å². The number of benzene rings is 2. The summed E-state index contributed by atoms with van der Waals surface area (Å²) in [6.45, 7) is 1.71. The lowest BCUT2D eigenvalue weighted by Crippen LogP contribution is -2.08. The third-order valence-electron chi connectivity index (χ3n) is 4.71. The van der Waals surface area contributed by atoms with E-state index in [1.807, 2.05) is 0 Å². The molecule has 0 saturated heterocycles. The van der Waals surface area contributed by atoms with Crippen LogP contribution in [0.2, 0.25) is 10.0 Å². The van der Waals surface area contributed by atoms with Crippen LogP contribution in [0.4, 0.5) is 8.78 Å². The normalized spacial score (nSPS) is 10.9. The molecule has 0 N–H and O–H groups in total. The maximum atomic E-state index is 15.2. The Kier molecular flexibility index (Phi) is 6.60. The molecule has 0 saturated carbocycles. The first kappa shape index (κ1) is 23.1. The average Bonchev–Trinajstić information content (AvgIpc) is 3.42. The summed E-state index contributed by atoms with van der Waals surface area (Å²) in [7, 11) is 0. The van der Waals surface area contributed by atoms with E-state index >= 15 is 4.39 Å². The lowest BCUT2D eigenvalue weighted by atomic mass is 10.1. The van der Waals surface area contributed by atoms with Crippen LogP contribution in [0.5, 0.6) is 0 Å². The highest BCUT2D eigenvalue weighted by Crippen LogP contribution is 2.38. The van der Waals surface area contributed by atoms with Crippen molar-refractivity contribution in [2.45, 2.75) is 6.92 Å². The number of hydrogen-bond donors (Lipinski definition) is 0. The number of halogens is 4. The van der Waals surface area contributed by atoms with Gasteiger partial charge in [0.15, 0.2) is 17.8 Å². The second-order valence-electron chi connectivity index (χ2n) is 6.75. The largest absolute Gasteiger partial charge is 0.461 e. The lowest BCUT2D eigenvalue weighted by molar-refractivity contribution is 0.0521. The molecule has 0 aliphatic heterocycles. The molecule has 4 aromatic rings. The van der Waals surface area contributed by atoms with Crippen molar-refractivity contribution in [1.82, 2.24) is 9.55 Å². The molecule has 33 heavy (non-hydrogen) atoms. The number of thiophene rings is 1. The number of nitrogens with zero attached hydrogens (tertiary/aromatic N) is 2. The third kappa shape index (κ3) is 4.29. The fourth-order valence-corrected chi connectivity index (χ4v) is 4.33. The van der Waals surface area contributed by atoms with E-state index in [0.29, 0.717) is 22.3 Å². The van der Waals surface area contributed by atoms with E-state index in [-0.39, 0.29) is 39.6 Å². The molecule has 0 atom stereocenters. The predicted molar refractivity (Wildman–Crippen MR) is 124 cm³/mol. The first-order valence-corrected chi connectivity index (χ1v) is 11.2. The summed E-state index contributed by atoms with van der Waals surface area (Å²) in [6.07, 6.45) is 0.675. The fraction of sp³-hybridized carbons (Fsp3) is 0.0870. The molecule has 0 radical (unpaired) electrons. The Bertz CT molecular complexity index is 1380. The minimum atomic E-state index is -0.763. The summed E-state index contributed by atoms with van der Waals surface area (Å²) in [6, 6.07) is 9.79. The molecule has 2 heterocycles. The first-order chi connectivity index (χ1) is 15.8. The van der Waals surface area contributed by atoms with Crippen molar-refractivity contribution in [2.24, 2.45) is 0 Å². The molecule has 0 aliphatic carbocycles. The Labute approximate surface area is 201 Å². The number of aldehydes is 1. The highest BCUT2D eigenvalue weighted by atomic mass is 35.5. The summed E-state index contributed by atoms with van der Waals surface area (Å²) < 4.78 is 35.7. The monoisotopic (exact) mass is 506 g/mol. The molecule has 0 amide bonds. The SMILES string of the molecule is CCOC(=O)c1nc(-c2csc(C=O)c2)n(-c2cccc(Cl)c2F)c1-c1ccc(F)c(Cl)c1. The van der Waals surface area contributed by atoms with E-state index in [2.05, 4.69) is 4.98 Å². The second kappa shape index (κ2) is 9.43. The molecule has 0 bridgehead atoms. The highest BCUT2D eigenvalue weighted by molar-refractivity contribution is 7.12. The molecule has 2 aromatic heterocycles. The topological polar surface area (TPSA) is 61.2 Å². The maximum absolute atomic E-state index is 15.2. The van der Waals surface area contributed by atoms with Crippen molar-refractivity contribution in [3.8, 4) is 28.3 Å². The van der Waals surface area contributed by atoms with Gasteiger partial charge in [0.05, 0.1) is 32.9 Å². The number of carbonyl (C=O) groups is 2. The van der Waals surface area contributed by atoms with Gasteiger partial charge in [0.25, 0.3) is 0 Å². The number of ether oxygens (including phenoxy) is 1. The average molecular weight is 507 g/mol. The Morgan fingerprint density at radius 2 is 1.94 bits per heavy atom. The van der Waals surface area contributed by atoms with E-state index in [1.165, 1.54) is 28.8 Å². The van der Waals surface area contributed by atoms with Crippen LogP contribution in [-0.4, -0.2) is 28.4 Å². The van der Waals surface area contributed by atoms with Crippen LogP contribution >= 0.6 is 34.5 Å². The van der Waals surface area contributed by atoms with Crippen molar-refractivity contribution < 1.29 is 23.1 Å². The molecule has 2 aromatic carbocycles. The van der Waals surface area contributed by atoms with E-state index < -0.39 is 17.6 Å². The molecular weight excluding hydrogens is 493 g/mol. The zero-order chi connectivity index (χ0) is 23.7. The van der Waals surface area contributed by atoms with E-state index in [4.69, 9.17) is 27.9 Å². The highest BCUT2D eigenvalue weighted by Gasteiger charge is 2.29. The summed E-state index contributed by atoms with van der Waals surface area (Å²) in [5.41, 5.74) is 0.757. The van der Waals surface area contributed by atoms with Crippen molar-refractivity contribution in [3.63, 3.8) is 0 Å². The van der Waals surface area contributed by atoms with Gasteiger partial charge in [-0.05, 0) is 43.3 Å². The molecular formula is C23H14Cl2F2N2O3S. The quantitative estimate of drug-likeness (QED) is 0.212. The van der Waals surface area contributed by atoms with Crippen LogP contribution in [-0.2, 0) is 4.74 Å². The molecule has 0 unspecified atom stereocenters. The maximum Gasteiger partial charge on any atom is 0.359 e. The van der Waals surface area contributed by atoms with Crippen LogP contribution in [0, 0.1) is 11.6 Å². The van der Waals surface area contributed by atoms with Gasteiger partial charge in [-0.1, -0.05) is 29.3 Å². The van der Waals surface area contributed by atoms with Gasteiger partial charge in [-0.25, -0.2) is 18.6 Å². The number of imidazole rings is 1. The molecule has 168 valence electrons. The van der Waals surface area contributed by atoms with Crippen LogP contribution in [0.3, 0.4) is 0 Å². The molecule has 4 rings (SSSR count). The van der Waals surface area contributed by atoms with Gasteiger partial charge in [0.1, 0.15) is 11.6 Å². The molecule has 0 spiro atoms. The molecule has 0 fully saturated rings. The Balaban J connectivity index is 2.13. The number of hydrogen-bond acceptors (Lipinski definition) is 5. The van der Waals surface area contributed by atoms with Gasteiger partial charge in [-0.3, -0.25) is 9.36 Å². The lowest BCUT2D eigenvalue weighted by Gasteiger charge is -2.14. The minimum Gasteiger partial charge on any atom is -0.461 e. The van der Waals surface area contributed by atoms with E-state index in [0.717, 1.165) is 17.4 Å². The standard InChI is InChI=1S/C23H14Cl2F2N2O3S/c1-2-32-23(31)20-21(12-6-7-17(26)16(25)9-12)29(18-5-3-4-15(24)19(18)27)22(28-20)13-8-14(10-30)33-11-13/h3-11H,2H2,1H3. The molecule has 10 heteroatoms. The van der Waals surface area contributed by atoms with Crippen LogP contribution < -0.4 is 0 Å². The zero-order valence-corrected chi connectivity index (χ0v) is 19.3. The molecule has 0 aliphatic rings. The van der Waals surface area contributed by atoms with Crippen LogP contribution in [0.1, 0.15) is 27.1 Å². The van der Waals surface area contributed by atoms with Gasteiger partial charge in [0.2, 0.25) is 0 Å². The summed E-state index contributed by atoms with van der Waals surface area (Å²) >= 11 is 13.2. The van der Waals surface area contributed by atoms with Gasteiger partial charge in [0, 0.05) is 16.5 Å². The summed E-state index contributed by atoms with van der Waals surface area (Å²) in [5, 5.41) is 1.32. The van der Waals surface area contributed by atoms with Crippen LogP contribution in [0.15, 0.2) is 47.8 Å². The minimum absolute atomic E-state index is 0.00477. The van der Waals surface area contributed by atoms with E-state index in [9.17, 15) is 14.0 Å². The number of aromatic nitrogens is 2. The van der Waals surface area contributed by atoms with Crippen molar-refractivity contribution >= 4 is 46.8 Å². The van der Waals surface area contributed by atoms with Gasteiger partial charge in [-0.15, -0.1) is 11.3 Å². The molecule has 5 nitrogen and oxygen atoms in total. The number of esters is 1. The van der Waals surface area contributed by atoms with Crippen molar-refractivity contribution in [3.05, 3.63) is 80.1 Å². The van der Waals surface area contributed by atoms with Gasteiger partial charge >= 0.3 is 5.97 Å². The predicted octanol–water partition coefficient (Wildman–Crippen LogP) is 6.84. The summed E-state index contributed by atoms with van der Waals surface area (Å²) in [5.74, 6) is -2.01. The smallest absolute Gasteiger partial charge is 0.359 e. The van der Waals surface area contributed by atoms with Crippen LogP contribution in [0.25, 0.3) is 28.3 Å². The Morgan fingerprint density at radius 1 is 1.15 bits per heavy atom. The van der Waals surface area contributed by atoms with Gasteiger partial charge in [-0.2, -0.15) is 0 Å². The first-order valence-electron chi connectivity index (χ1n) is 9.59. The van der Waals surface area contributed by atoms with Crippen molar-refractivity contribution in [1.29, 1.82) is 0 Å².